The van der Waals surface area contributed by atoms with Gasteiger partial charge in [0.25, 0.3) is 0 Å². The Labute approximate surface area is 192 Å². The number of anilines is 1. The van der Waals surface area contributed by atoms with Gasteiger partial charge in [0.2, 0.25) is 15.9 Å². The highest BCUT2D eigenvalue weighted by atomic mass is 35.5. The highest BCUT2D eigenvalue weighted by molar-refractivity contribution is 7.89. The minimum Gasteiger partial charge on any atom is -0.325 e. The molecule has 3 aromatic carbocycles. The third-order valence-electron chi connectivity index (χ3n) is 4.73. The fraction of sp³-hybridized carbons (Fsp3) is 0.174. The van der Waals surface area contributed by atoms with Gasteiger partial charge in [-0.15, -0.1) is 0 Å². The number of aryl methyl sites for hydroxylation is 2. The van der Waals surface area contributed by atoms with E-state index < -0.39 is 15.9 Å². The summed E-state index contributed by atoms with van der Waals surface area (Å²) in [6.45, 7) is 3.35. The molecule has 0 unspecified atom stereocenters. The second-order valence-corrected chi connectivity index (χ2v) is 9.97. The molecule has 0 fully saturated rings. The summed E-state index contributed by atoms with van der Waals surface area (Å²) in [5, 5.41) is 3.59. The van der Waals surface area contributed by atoms with Crippen LogP contribution in [0, 0.1) is 13.8 Å². The van der Waals surface area contributed by atoms with Crippen LogP contribution in [-0.2, 0) is 21.4 Å². The van der Waals surface area contributed by atoms with Crippen molar-refractivity contribution in [3.8, 4) is 0 Å². The SMILES string of the molecule is Cc1ccc(C)c(NC(=O)CN(Cc2ccc(Cl)cc2Cl)S(=O)(=O)c2ccccc2)c1. The van der Waals surface area contributed by atoms with E-state index in [-0.39, 0.29) is 18.0 Å². The average Bonchev–Trinajstić information content (AvgIpc) is 2.72. The molecule has 1 N–H and O–H groups in total. The van der Waals surface area contributed by atoms with Crippen LogP contribution in [0.5, 0.6) is 0 Å². The number of nitrogens with zero attached hydrogens (tertiary/aromatic N) is 1. The summed E-state index contributed by atoms with van der Waals surface area (Å²) in [5.41, 5.74) is 3.07. The zero-order chi connectivity index (χ0) is 22.6. The van der Waals surface area contributed by atoms with Gasteiger partial charge in [-0.3, -0.25) is 4.79 Å². The topological polar surface area (TPSA) is 66.5 Å². The number of nitrogens with one attached hydrogen (secondary N) is 1. The van der Waals surface area contributed by atoms with Gasteiger partial charge >= 0.3 is 0 Å². The third-order valence-corrected chi connectivity index (χ3v) is 7.12. The van der Waals surface area contributed by atoms with E-state index in [0.29, 0.717) is 21.3 Å². The summed E-state index contributed by atoms with van der Waals surface area (Å²) in [4.78, 5) is 12.9. The molecular formula is C23H22Cl2N2O3S. The molecule has 3 rings (SSSR count). The molecule has 162 valence electrons. The van der Waals surface area contributed by atoms with Gasteiger partial charge in [-0.2, -0.15) is 4.31 Å². The van der Waals surface area contributed by atoms with E-state index in [1.165, 1.54) is 12.1 Å². The minimum atomic E-state index is -3.95. The van der Waals surface area contributed by atoms with E-state index in [4.69, 9.17) is 23.2 Å². The number of amides is 1. The highest BCUT2D eigenvalue weighted by Crippen LogP contribution is 2.25. The lowest BCUT2D eigenvalue weighted by Gasteiger charge is -2.23. The standard InChI is InChI=1S/C23H22Cl2N2O3S/c1-16-8-9-17(2)22(12-16)26-23(28)15-27(14-18-10-11-19(24)13-21(18)25)31(29,30)20-6-4-3-5-7-20/h3-13H,14-15H2,1-2H3,(H,26,28). The molecule has 0 aliphatic heterocycles. The smallest absolute Gasteiger partial charge is 0.243 e. The lowest BCUT2D eigenvalue weighted by atomic mass is 10.1. The van der Waals surface area contributed by atoms with E-state index in [1.54, 1.807) is 36.4 Å². The van der Waals surface area contributed by atoms with E-state index >= 15 is 0 Å². The maximum Gasteiger partial charge on any atom is 0.243 e. The number of hydrogen-bond acceptors (Lipinski definition) is 3. The Hall–Kier alpha value is -2.38. The molecule has 0 aliphatic rings. The van der Waals surface area contributed by atoms with Crippen molar-refractivity contribution >= 4 is 44.8 Å². The first-order valence-corrected chi connectivity index (χ1v) is 11.7. The van der Waals surface area contributed by atoms with Crippen molar-refractivity contribution in [3.63, 3.8) is 0 Å². The van der Waals surface area contributed by atoms with E-state index in [0.717, 1.165) is 15.4 Å². The van der Waals surface area contributed by atoms with Gasteiger partial charge in [-0.25, -0.2) is 8.42 Å². The zero-order valence-corrected chi connectivity index (χ0v) is 19.4. The fourth-order valence-corrected chi connectivity index (χ4v) is 4.89. The Balaban J connectivity index is 1.91. The Bertz CT molecular complexity index is 1200. The van der Waals surface area contributed by atoms with Crippen LogP contribution in [0.15, 0.2) is 71.6 Å². The average molecular weight is 477 g/mol. The lowest BCUT2D eigenvalue weighted by Crippen LogP contribution is -2.37. The number of carbonyl (C=O) groups excluding carboxylic acids is 1. The van der Waals surface area contributed by atoms with Gasteiger partial charge in [0.1, 0.15) is 0 Å². The lowest BCUT2D eigenvalue weighted by molar-refractivity contribution is -0.116. The van der Waals surface area contributed by atoms with Gasteiger partial charge < -0.3 is 5.32 Å². The predicted octanol–water partition coefficient (Wildman–Crippen LogP) is 5.44. The molecule has 0 atom stereocenters. The minimum absolute atomic E-state index is 0.0759. The van der Waals surface area contributed by atoms with E-state index in [2.05, 4.69) is 5.32 Å². The monoisotopic (exact) mass is 476 g/mol. The Kier molecular flexibility index (Phi) is 7.38. The summed E-state index contributed by atoms with van der Waals surface area (Å²) in [6, 6.07) is 18.5. The molecule has 0 spiro atoms. The number of rotatable bonds is 7. The fourth-order valence-electron chi connectivity index (χ4n) is 3.03. The molecule has 0 radical (unpaired) electrons. The Morgan fingerprint density at radius 1 is 0.968 bits per heavy atom. The molecule has 0 heterocycles. The van der Waals surface area contributed by atoms with Crippen molar-refractivity contribution in [2.45, 2.75) is 25.3 Å². The molecule has 1 amide bonds. The Morgan fingerprint density at radius 3 is 2.35 bits per heavy atom. The number of benzene rings is 3. The molecule has 8 heteroatoms. The molecule has 0 saturated heterocycles. The molecule has 0 bridgehead atoms. The summed E-state index contributed by atoms with van der Waals surface area (Å²) < 4.78 is 27.7. The van der Waals surface area contributed by atoms with Gasteiger partial charge in [-0.05, 0) is 60.9 Å². The van der Waals surface area contributed by atoms with Gasteiger partial charge in [-0.1, -0.05) is 59.6 Å². The van der Waals surface area contributed by atoms with E-state index in [1.807, 2.05) is 32.0 Å². The van der Waals surface area contributed by atoms with Gasteiger partial charge in [0.05, 0.1) is 11.4 Å². The molecule has 5 nitrogen and oxygen atoms in total. The van der Waals surface area contributed by atoms with Crippen molar-refractivity contribution in [3.05, 3.63) is 93.5 Å². The van der Waals surface area contributed by atoms with Crippen LogP contribution >= 0.6 is 23.2 Å². The number of hydrogen-bond donors (Lipinski definition) is 1. The molecule has 0 saturated carbocycles. The highest BCUT2D eigenvalue weighted by Gasteiger charge is 2.27. The van der Waals surface area contributed by atoms with Crippen LogP contribution in [0.2, 0.25) is 10.0 Å². The maximum atomic E-state index is 13.3. The zero-order valence-electron chi connectivity index (χ0n) is 17.1. The van der Waals surface area contributed by atoms with Crippen LogP contribution < -0.4 is 5.32 Å². The van der Waals surface area contributed by atoms with Gasteiger partial charge in [0.15, 0.2) is 0 Å². The van der Waals surface area contributed by atoms with Crippen molar-refractivity contribution in [2.75, 3.05) is 11.9 Å². The predicted molar refractivity (Wildman–Crippen MR) is 125 cm³/mol. The van der Waals surface area contributed by atoms with Crippen molar-refractivity contribution in [1.82, 2.24) is 4.31 Å². The molecule has 0 aromatic heterocycles. The molecular weight excluding hydrogens is 455 g/mol. The first kappa shape index (κ1) is 23.3. The summed E-state index contributed by atoms with van der Waals surface area (Å²) in [5.74, 6) is -0.446. The molecule has 0 aliphatic carbocycles. The number of carbonyl (C=O) groups is 1. The number of halogens is 2. The van der Waals surface area contributed by atoms with Crippen LogP contribution in [0.3, 0.4) is 0 Å². The Morgan fingerprint density at radius 2 is 1.68 bits per heavy atom. The van der Waals surface area contributed by atoms with E-state index in [9.17, 15) is 13.2 Å². The quantitative estimate of drug-likeness (QED) is 0.493. The van der Waals surface area contributed by atoms with Crippen LogP contribution in [-0.4, -0.2) is 25.2 Å². The normalized spacial score (nSPS) is 11.5. The third kappa shape index (κ3) is 5.86. The van der Waals surface area contributed by atoms with Crippen molar-refractivity contribution in [1.29, 1.82) is 0 Å². The second-order valence-electron chi connectivity index (χ2n) is 7.19. The summed E-state index contributed by atoms with van der Waals surface area (Å²) in [6.07, 6.45) is 0. The van der Waals surface area contributed by atoms with Crippen LogP contribution in [0.4, 0.5) is 5.69 Å². The van der Waals surface area contributed by atoms with Crippen molar-refractivity contribution < 1.29 is 13.2 Å². The second kappa shape index (κ2) is 9.83. The first-order chi connectivity index (χ1) is 14.7. The maximum absolute atomic E-state index is 13.3. The van der Waals surface area contributed by atoms with Crippen LogP contribution in [0.25, 0.3) is 0 Å². The molecule has 31 heavy (non-hydrogen) atoms. The van der Waals surface area contributed by atoms with Crippen molar-refractivity contribution in [2.24, 2.45) is 0 Å². The summed E-state index contributed by atoms with van der Waals surface area (Å²) >= 11 is 12.2. The molecule has 3 aromatic rings. The van der Waals surface area contributed by atoms with Crippen LogP contribution in [0.1, 0.15) is 16.7 Å². The van der Waals surface area contributed by atoms with Gasteiger partial charge in [0, 0.05) is 22.3 Å². The number of sulfonamides is 1. The largest absolute Gasteiger partial charge is 0.325 e. The first-order valence-electron chi connectivity index (χ1n) is 9.53. The summed E-state index contributed by atoms with van der Waals surface area (Å²) in [7, 11) is -3.95.